The van der Waals surface area contributed by atoms with Crippen molar-refractivity contribution in [2.24, 2.45) is 5.92 Å². The molecule has 1 heterocycles. The molecule has 1 amide bonds. The maximum absolute atomic E-state index is 12.2. The molecule has 98 valence electrons. The summed E-state index contributed by atoms with van der Waals surface area (Å²) in [6.07, 6.45) is 3.91. The second-order valence-electron chi connectivity index (χ2n) is 5.13. The first kappa shape index (κ1) is 12.0. The molecule has 1 aliphatic carbocycles. The summed E-state index contributed by atoms with van der Waals surface area (Å²) in [7, 11) is 0. The second-order valence-corrected chi connectivity index (χ2v) is 5.13. The van der Waals surface area contributed by atoms with Crippen LogP contribution in [-0.2, 0) is 0 Å². The predicted octanol–water partition coefficient (Wildman–Crippen LogP) is 3.47. The fraction of sp³-hybridized carbons (Fsp3) is 0.312. The highest BCUT2D eigenvalue weighted by Crippen LogP contribution is 2.41. The van der Waals surface area contributed by atoms with Crippen LogP contribution >= 0.6 is 0 Å². The van der Waals surface area contributed by atoms with Crippen LogP contribution < -0.4 is 5.32 Å². The van der Waals surface area contributed by atoms with Crippen LogP contribution in [0.3, 0.4) is 0 Å². The number of aryl methyl sites for hydroxylation is 1. The first-order valence-electron chi connectivity index (χ1n) is 6.65. The smallest absolute Gasteiger partial charge is 0.287 e. The number of benzene rings is 1. The van der Waals surface area contributed by atoms with Crippen LogP contribution in [0.4, 0.5) is 0 Å². The highest BCUT2D eigenvalue weighted by atomic mass is 16.3. The molecule has 1 aliphatic rings. The van der Waals surface area contributed by atoms with Gasteiger partial charge in [0.05, 0.1) is 12.3 Å². The minimum absolute atomic E-state index is 0.0956. The molecule has 1 N–H and O–H groups in total. The van der Waals surface area contributed by atoms with Gasteiger partial charge in [0, 0.05) is 5.56 Å². The van der Waals surface area contributed by atoms with Crippen molar-refractivity contribution in [3.8, 4) is 0 Å². The maximum Gasteiger partial charge on any atom is 0.287 e. The molecule has 1 atom stereocenters. The Morgan fingerprint density at radius 1 is 1.26 bits per heavy atom. The molecule has 0 bridgehead atoms. The lowest BCUT2D eigenvalue weighted by molar-refractivity contribution is 0.0902. The molecule has 1 fully saturated rings. The lowest BCUT2D eigenvalue weighted by atomic mass is 10.0. The second kappa shape index (κ2) is 4.92. The molecule has 3 rings (SSSR count). The van der Waals surface area contributed by atoms with E-state index in [4.69, 9.17) is 4.42 Å². The summed E-state index contributed by atoms with van der Waals surface area (Å²) >= 11 is 0. The van der Waals surface area contributed by atoms with Crippen LogP contribution in [-0.4, -0.2) is 5.91 Å². The predicted molar refractivity (Wildman–Crippen MR) is 72.8 cm³/mol. The fourth-order valence-electron chi connectivity index (χ4n) is 2.38. The van der Waals surface area contributed by atoms with E-state index in [1.54, 1.807) is 6.26 Å². The van der Waals surface area contributed by atoms with Crippen molar-refractivity contribution in [3.05, 3.63) is 59.5 Å². The third-order valence-corrected chi connectivity index (χ3v) is 3.61. The fourth-order valence-corrected chi connectivity index (χ4v) is 2.38. The van der Waals surface area contributed by atoms with Crippen LogP contribution in [0.25, 0.3) is 0 Å². The number of nitrogens with one attached hydrogen (secondary N) is 1. The minimum atomic E-state index is -0.122. The Kier molecular flexibility index (Phi) is 3.11. The van der Waals surface area contributed by atoms with Gasteiger partial charge in [-0.2, -0.15) is 0 Å². The highest BCUT2D eigenvalue weighted by Gasteiger charge is 2.34. The summed E-state index contributed by atoms with van der Waals surface area (Å²) in [4.78, 5) is 12.2. The van der Waals surface area contributed by atoms with E-state index in [1.807, 2.05) is 31.2 Å². The Morgan fingerprint density at radius 2 is 2.00 bits per heavy atom. The van der Waals surface area contributed by atoms with Crippen LogP contribution in [0.1, 0.15) is 40.6 Å². The van der Waals surface area contributed by atoms with Gasteiger partial charge in [-0.05, 0) is 37.3 Å². The molecule has 0 radical (unpaired) electrons. The van der Waals surface area contributed by atoms with Crippen LogP contribution in [0.5, 0.6) is 0 Å². The molecule has 1 aromatic carbocycles. The molecule has 0 spiro atoms. The van der Waals surface area contributed by atoms with Gasteiger partial charge in [0.1, 0.15) is 0 Å². The number of hydrogen-bond donors (Lipinski definition) is 1. The Bertz CT molecular complexity index is 569. The van der Waals surface area contributed by atoms with E-state index >= 15 is 0 Å². The summed E-state index contributed by atoms with van der Waals surface area (Å²) in [5.74, 6) is 0.853. The van der Waals surface area contributed by atoms with Gasteiger partial charge in [-0.25, -0.2) is 0 Å². The van der Waals surface area contributed by atoms with E-state index in [0.29, 0.717) is 11.7 Å². The van der Waals surface area contributed by atoms with Gasteiger partial charge < -0.3 is 9.73 Å². The third kappa shape index (κ3) is 2.55. The molecule has 0 aliphatic heterocycles. The number of furan rings is 1. The van der Waals surface area contributed by atoms with E-state index in [2.05, 4.69) is 17.4 Å². The number of rotatable bonds is 4. The zero-order valence-corrected chi connectivity index (χ0v) is 10.9. The number of carbonyl (C=O) groups excluding carboxylic acids is 1. The normalized spacial score (nSPS) is 16.1. The third-order valence-electron chi connectivity index (χ3n) is 3.61. The monoisotopic (exact) mass is 255 g/mol. The SMILES string of the molecule is Cc1ccoc1C(=O)N[C@H](c1ccccc1)C1CC1. The van der Waals surface area contributed by atoms with Gasteiger partial charge in [-0.1, -0.05) is 30.3 Å². The van der Waals surface area contributed by atoms with E-state index in [-0.39, 0.29) is 11.9 Å². The summed E-state index contributed by atoms with van der Waals surface area (Å²) < 4.78 is 5.25. The van der Waals surface area contributed by atoms with Gasteiger partial charge in [-0.15, -0.1) is 0 Å². The van der Waals surface area contributed by atoms with Crippen LogP contribution in [0.15, 0.2) is 47.1 Å². The maximum atomic E-state index is 12.2. The summed E-state index contributed by atoms with van der Waals surface area (Å²) in [6.45, 7) is 1.88. The first-order valence-corrected chi connectivity index (χ1v) is 6.65. The molecular weight excluding hydrogens is 238 g/mol. The van der Waals surface area contributed by atoms with Crippen molar-refractivity contribution in [2.75, 3.05) is 0 Å². The molecule has 0 saturated heterocycles. The van der Waals surface area contributed by atoms with E-state index in [9.17, 15) is 4.79 Å². The quantitative estimate of drug-likeness (QED) is 0.909. The highest BCUT2D eigenvalue weighted by molar-refractivity contribution is 5.93. The van der Waals surface area contributed by atoms with Crippen molar-refractivity contribution in [2.45, 2.75) is 25.8 Å². The summed E-state index contributed by atoms with van der Waals surface area (Å²) in [5, 5.41) is 3.11. The van der Waals surface area contributed by atoms with Gasteiger partial charge in [0.15, 0.2) is 5.76 Å². The van der Waals surface area contributed by atoms with Crippen molar-refractivity contribution < 1.29 is 9.21 Å². The molecule has 3 heteroatoms. The standard InChI is InChI=1S/C16H17NO2/c1-11-9-10-19-15(11)16(18)17-14(13-7-8-13)12-5-3-2-4-6-12/h2-6,9-10,13-14H,7-8H2,1H3,(H,17,18)/t14-/m1/s1. The van der Waals surface area contributed by atoms with E-state index in [1.165, 1.54) is 18.4 Å². The zero-order chi connectivity index (χ0) is 13.2. The van der Waals surface area contributed by atoms with Crippen LogP contribution in [0.2, 0.25) is 0 Å². The lowest BCUT2D eigenvalue weighted by Crippen LogP contribution is -2.30. The van der Waals surface area contributed by atoms with Crippen molar-refractivity contribution in [1.29, 1.82) is 0 Å². The molecule has 3 nitrogen and oxygen atoms in total. The first-order chi connectivity index (χ1) is 9.25. The average Bonchev–Trinajstić information content (AvgIpc) is 3.18. The van der Waals surface area contributed by atoms with Gasteiger partial charge in [0.25, 0.3) is 5.91 Å². The molecular formula is C16H17NO2. The van der Waals surface area contributed by atoms with E-state index < -0.39 is 0 Å². The van der Waals surface area contributed by atoms with Crippen molar-refractivity contribution in [3.63, 3.8) is 0 Å². The van der Waals surface area contributed by atoms with Gasteiger partial charge in [0.2, 0.25) is 0 Å². The Hall–Kier alpha value is -2.03. The summed E-state index contributed by atoms with van der Waals surface area (Å²) in [6, 6.07) is 12.0. The topological polar surface area (TPSA) is 42.2 Å². The number of amides is 1. The summed E-state index contributed by atoms with van der Waals surface area (Å²) in [5.41, 5.74) is 2.04. The van der Waals surface area contributed by atoms with Gasteiger partial charge in [-0.3, -0.25) is 4.79 Å². The Labute approximate surface area is 112 Å². The molecule has 1 aromatic heterocycles. The number of carbonyl (C=O) groups is 1. The number of hydrogen-bond acceptors (Lipinski definition) is 2. The lowest BCUT2D eigenvalue weighted by Gasteiger charge is -2.18. The average molecular weight is 255 g/mol. The molecule has 1 saturated carbocycles. The Balaban J connectivity index is 1.79. The molecule has 2 aromatic rings. The van der Waals surface area contributed by atoms with Crippen LogP contribution in [0, 0.1) is 12.8 Å². The molecule has 0 unspecified atom stereocenters. The zero-order valence-electron chi connectivity index (χ0n) is 10.9. The minimum Gasteiger partial charge on any atom is -0.459 e. The van der Waals surface area contributed by atoms with Crippen molar-refractivity contribution in [1.82, 2.24) is 5.32 Å². The van der Waals surface area contributed by atoms with Crippen molar-refractivity contribution >= 4 is 5.91 Å². The largest absolute Gasteiger partial charge is 0.459 e. The van der Waals surface area contributed by atoms with Gasteiger partial charge >= 0.3 is 0 Å². The van der Waals surface area contributed by atoms with E-state index in [0.717, 1.165) is 5.56 Å². The molecule has 19 heavy (non-hydrogen) atoms. The Morgan fingerprint density at radius 3 is 2.58 bits per heavy atom.